The fraction of sp³-hybridized carbons (Fsp3) is 0.600. The first-order valence-electron chi connectivity index (χ1n) is 7.30. The van der Waals surface area contributed by atoms with Crippen molar-refractivity contribution in [3.05, 3.63) is 35.4 Å². The summed E-state index contributed by atoms with van der Waals surface area (Å²) in [6.45, 7) is 4.90. The molecule has 0 spiro atoms. The van der Waals surface area contributed by atoms with Crippen molar-refractivity contribution in [3.63, 3.8) is 0 Å². The molecule has 110 valence electrons. The average Bonchev–Trinajstić information content (AvgIpc) is 3.27. The molecule has 1 aromatic rings. The van der Waals surface area contributed by atoms with E-state index >= 15 is 0 Å². The molecule has 0 amide bonds. The summed E-state index contributed by atoms with van der Waals surface area (Å²) in [5.74, 6) is -1.64. The van der Waals surface area contributed by atoms with Crippen LogP contribution in [-0.2, 0) is 0 Å². The second-order valence-electron chi connectivity index (χ2n) is 5.85. The SMILES string of the molecule is NC(CN1CCN(C2CC2)CC1)c1ccc(F)c(F)c1. The van der Waals surface area contributed by atoms with Crippen molar-refractivity contribution in [2.45, 2.75) is 24.9 Å². The number of halogens is 2. The third-order valence-corrected chi connectivity index (χ3v) is 4.30. The highest BCUT2D eigenvalue weighted by molar-refractivity contribution is 5.21. The van der Waals surface area contributed by atoms with E-state index in [2.05, 4.69) is 9.80 Å². The highest BCUT2D eigenvalue weighted by atomic mass is 19.2. The van der Waals surface area contributed by atoms with Crippen LogP contribution in [0.1, 0.15) is 24.4 Å². The predicted octanol–water partition coefficient (Wildman–Crippen LogP) is 1.74. The molecule has 0 bridgehead atoms. The normalized spacial score (nSPS) is 22.9. The third-order valence-electron chi connectivity index (χ3n) is 4.30. The third kappa shape index (κ3) is 3.16. The lowest BCUT2D eigenvalue weighted by atomic mass is 10.1. The molecule has 3 rings (SSSR count). The minimum Gasteiger partial charge on any atom is -0.323 e. The zero-order chi connectivity index (χ0) is 14.1. The maximum absolute atomic E-state index is 13.2. The van der Waals surface area contributed by atoms with Gasteiger partial charge in [0.15, 0.2) is 11.6 Å². The summed E-state index contributed by atoms with van der Waals surface area (Å²) in [6, 6.07) is 4.48. The maximum atomic E-state index is 13.2. The first-order chi connectivity index (χ1) is 9.63. The lowest BCUT2D eigenvalue weighted by Crippen LogP contribution is -2.48. The highest BCUT2D eigenvalue weighted by Gasteiger charge is 2.31. The van der Waals surface area contributed by atoms with Crippen LogP contribution < -0.4 is 5.73 Å². The molecule has 3 nitrogen and oxygen atoms in total. The zero-order valence-corrected chi connectivity index (χ0v) is 11.6. The van der Waals surface area contributed by atoms with Crippen LogP contribution in [0.5, 0.6) is 0 Å². The molecule has 2 aliphatic rings. The van der Waals surface area contributed by atoms with E-state index in [1.807, 2.05) is 0 Å². The average molecular weight is 281 g/mol. The van der Waals surface area contributed by atoms with Crippen molar-refractivity contribution in [1.29, 1.82) is 0 Å². The summed E-state index contributed by atoms with van der Waals surface area (Å²) in [6.07, 6.45) is 2.68. The van der Waals surface area contributed by atoms with Crippen LogP contribution >= 0.6 is 0 Å². The van der Waals surface area contributed by atoms with Crippen LogP contribution in [0.3, 0.4) is 0 Å². The molecule has 1 aliphatic carbocycles. The minimum atomic E-state index is -0.823. The number of benzene rings is 1. The molecule has 1 saturated carbocycles. The van der Waals surface area contributed by atoms with Gasteiger partial charge in [0.25, 0.3) is 0 Å². The molecular weight excluding hydrogens is 260 g/mol. The first kappa shape index (κ1) is 13.9. The van der Waals surface area contributed by atoms with E-state index in [1.54, 1.807) is 6.07 Å². The fourth-order valence-electron chi connectivity index (χ4n) is 2.88. The van der Waals surface area contributed by atoms with Crippen molar-refractivity contribution in [1.82, 2.24) is 9.80 Å². The van der Waals surface area contributed by atoms with E-state index in [-0.39, 0.29) is 6.04 Å². The van der Waals surface area contributed by atoms with Gasteiger partial charge in [0.1, 0.15) is 0 Å². The van der Waals surface area contributed by atoms with Crippen LogP contribution in [-0.4, -0.2) is 48.6 Å². The van der Waals surface area contributed by atoms with Crippen LogP contribution in [0, 0.1) is 11.6 Å². The van der Waals surface area contributed by atoms with Gasteiger partial charge in [-0.2, -0.15) is 0 Å². The van der Waals surface area contributed by atoms with E-state index in [1.165, 1.54) is 18.9 Å². The topological polar surface area (TPSA) is 32.5 Å². The summed E-state index contributed by atoms with van der Waals surface area (Å²) < 4.78 is 26.1. The number of hydrogen-bond donors (Lipinski definition) is 1. The largest absolute Gasteiger partial charge is 0.323 e. The van der Waals surface area contributed by atoms with Gasteiger partial charge in [-0.3, -0.25) is 9.80 Å². The second kappa shape index (κ2) is 5.76. The van der Waals surface area contributed by atoms with Crippen LogP contribution in [0.25, 0.3) is 0 Å². The molecule has 0 radical (unpaired) electrons. The Bertz CT molecular complexity index is 468. The molecule has 1 saturated heterocycles. The van der Waals surface area contributed by atoms with Gasteiger partial charge in [0.2, 0.25) is 0 Å². The quantitative estimate of drug-likeness (QED) is 0.912. The second-order valence-corrected chi connectivity index (χ2v) is 5.85. The molecule has 20 heavy (non-hydrogen) atoms. The molecule has 1 heterocycles. The summed E-state index contributed by atoms with van der Waals surface area (Å²) in [4.78, 5) is 4.85. The van der Waals surface area contributed by atoms with Gasteiger partial charge >= 0.3 is 0 Å². The molecular formula is C15H21F2N3. The van der Waals surface area contributed by atoms with Gasteiger partial charge in [0.05, 0.1) is 0 Å². The summed E-state index contributed by atoms with van der Waals surface area (Å²) in [7, 11) is 0. The Morgan fingerprint density at radius 1 is 1.10 bits per heavy atom. The molecule has 5 heteroatoms. The zero-order valence-electron chi connectivity index (χ0n) is 11.6. The van der Waals surface area contributed by atoms with Crippen molar-refractivity contribution in [2.24, 2.45) is 5.73 Å². The number of nitrogens with two attached hydrogens (primary N) is 1. The standard InChI is InChI=1S/C15H21F2N3/c16-13-4-1-11(9-14(13)17)15(18)10-19-5-7-20(8-6-19)12-2-3-12/h1,4,9,12,15H,2-3,5-8,10,18H2. The van der Waals surface area contributed by atoms with E-state index in [0.717, 1.165) is 38.3 Å². The van der Waals surface area contributed by atoms with Gasteiger partial charge in [-0.15, -0.1) is 0 Å². The number of nitrogens with zero attached hydrogens (tertiary/aromatic N) is 2. The molecule has 2 N–H and O–H groups in total. The van der Waals surface area contributed by atoms with Gasteiger partial charge in [-0.25, -0.2) is 8.78 Å². The summed E-state index contributed by atoms with van der Waals surface area (Å²) in [5, 5.41) is 0. The lowest BCUT2D eigenvalue weighted by Gasteiger charge is -2.36. The molecule has 1 atom stereocenters. The predicted molar refractivity (Wildman–Crippen MR) is 74.3 cm³/mol. The Morgan fingerprint density at radius 2 is 1.80 bits per heavy atom. The fourth-order valence-corrected chi connectivity index (χ4v) is 2.88. The molecule has 1 unspecified atom stereocenters. The van der Waals surface area contributed by atoms with Gasteiger partial charge in [0, 0.05) is 44.8 Å². The van der Waals surface area contributed by atoms with Crippen molar-refractivity contribution in [2.75, 3.05) is 32.7 Å². The summed E-state index contributed by atoms with van der Waals surface area (Å²) in [5.41, 5.74) is 6.77. The monoisotopic (exact) mass is 281 g/mol. The van der Waals surface area contributed by atoms with E-state index in [4.69, 9.17) is 5.73 Å². The molecule has 1 aliphatic heterocycles. The van der Waals surface area contributed by atoms with Crippen molar-refractivity contribution in [3.8, 4) is 0 Å². The van der Waals surface area contributed by atoms with E-state index in [9.17, 15) is 8.78 Å². The van der Waals surface area contributed by atoms with Crippen molar-refractivity contribution >= 4 is 0 Å². The summed E-state index contributed by atoms with van der Waals surface area (Å²) >= 11 is 0. The van der Waals surface area contributed by atoms with Gasteiger partial charge in [-0.1, -0.05) is 6.07 Å². The van der Waals surface area contributed by atoms with Crippen LogP contribution in [0.2, 0.25) is 0 Å². The number of rotatable bonds is 4. The highest BCUT2D eigenvalue weighted by Crippen LogP contribution is 2.27. The van der Waals surface area contributed by atoms with E-state index in [0.29, 0.717) is 12.1 Å². The van der Waals surface area contributed by atoms with Crippen LogP contribution in [0.4, 0.5) is 8.78 Å². The van der Waals surface area contributed by atoms with E-state index < -0.39 is 11.6 Å². The number of hydrogen-bond acceptors (Lipinski definition) is 3. The lowest BCUT2D eigenvalue weighted by molar-refractivity contribution is 0.121. The Labute approximate surface area is 118 Å². The Hall–Kier alpha value is -1.04. The van der Waals surface area contributed by atoms with Gasteiger partial charge < -0.3 is 5.73 Å². The number of piperazine rings is 1. The molecule has 0 aromatic heterocycles. The first-order valence-corrected chi connectivity index (χ1v) is 7.30. The van der Waals surface area contributed by atoms with Crippen LogP contribution in [0.15, 0.2) is 18.2 Å². The molecule has 1 aromatic carbocycles. The Balaban J connectivity index is 1.53. The van der Waals surface area contributed by atoms with Gasteiger partial charge in [-0.05, 0) is 30.5 Å². The Kier molecular flexibility index (Phi) is 4.01. The van der Waals surface area contributed by atoms with Crippen molar-refractivity contribution < 1.29 is 8.78 Å². The minimum absolute atomic E-state index is 0.266. The molecule has 2 fully saturated rings. The smallest absolute Gasteiger partial charge is 0.159 e. The Morgan fingerprint density at radius 3 is 2.40 bits per heavy atom. The maximum Gasteiger partial charge on any atom is 0.159 e.